The van der Waals surface area contributed by atoms with Crippen LogP contribution in [0.1, 0.15) is 25.6 Å². The Morgan fingerprint density at radius 3 is 2.82 bits per heavy atom. The van der Waals surface area contributed by atoms with Crippen LogP contribution in [0.5, 0.6) is 0 Å². The number of nitrogens with zero attached hydrogens (tertiary/aromatic N) is 7. The van der Waals surface area contributed by atoms with Gasteiger partial charge in [-0.3, -0.25) is 0 Å². The van der Waals surface area contributed by atoms with Crippen molar-refractivity contribution in [3.63, 3.8) is 0 Å². The third kappa shape index (κ3) is 4.64. The van der Waals surface area contributed by atoms with Crippen molar-refractivity contribution in [1.82, 2.24) is 34.1 Å². The van der Waals surface area contributed by atoms with E-state index in [2.05, 4.69) is 27.0 Å². The zero-order valence-corrected chi connectivity index (χ0v) is 20.1. The topological polar surface area (TPSA) is 117 Å². The first kappa shape index (κ1) is 22.7. The summed E-state index contributed by atoms with van der Waals surface area (Å²) in [5.74, 6) is 1.42. The molecule has 0 radical (unpaired) electrons. The van der Waals surface area contributed by atoms with Gasteiger partial charge in [0.15, 0.2) is 0 Å². The van der Waals surface area contributed by atoms with Crippen LogP contribution in [0.2, 0.25) is 0 Å². The molecule has 178 valence electrons. The lowest BCUT2D eigenvalue weighted by Crippen LogP contribution is -2.40. The number of aryl methyl sites for hydroxylation is 1. The Bertz CT molecular complexity index is 1210. The quantitative estimate of drug-likeness (QED) is 0.431. The van der Waals surface area contributed by atoms with Gasteiger partial charge in [0.25, 0.3) is 0 Å². The summed E-state index contributed by atoms with van der Waals surface area (Å²) >= 11 is 1.52. The van der Waals surface area contributed by atoms with E-state index in [1.165, 1.54) is 16.1 Å². The van der Waals surface area contributed by atoms with Crippen molar-refractivity contribution in [2.24, 2.45) is 0 Å². The molecule has 2 aliphatic heterocycles. The van der Waals surface area contributed by atoms with Gasteiger partial charge in [0, 0.05) is 26.2 Å². The van der Waals surface area contributed by atoms with Crippen LogP contribution < -0.4 is 0 Å². The standard InChI is InChI=1S/C20H27N7O4S2/c1-2-26-18-6-5-16(33(28,29)25-7-10-30-11-8-25)12-17(18)21-19(26)14-32-20-22-23-24-27(20)13-15-4-3-9-31-15/h5-6,12,15H,2-4,7-11,13-14H2,1H3. The van der Waals surface area contributed by atoms with E-state index < -0.39 is 10.0 Å². The third-order valence-corrected chi connectivity index (χ3v) is 8.80. The summed E-state index contributed by atoms with van der Waals surface area (Å²) in [6.07, 6.45) is 2.24. The molecule has 1 unspecified atom stereocenters. The fourth-order valence-electron chi connectivity index (χ4n) is 4.24. The van der Waals surface area contributed by atoms with Crippen molar-refractivity contribution in [2.75, 3.05) is 32.9 Å². The third-order valence-electron chi connectivity index (χ3n) is 5.95. The molecule has 2 aliphatic rings. The van der Waals surface area contributed by atoms with Gasteiger partial charge in [0.1, 0.15) is 5.82 Å². The molecule has 13 heteroatoms. The molecule has 0 N–H and O–H groups in total. The first-order chi connectivity index (χ1) is 16.1. The Balaban J connectivity index is 1.36. The van der Waals surface area contributed by atoms with Gasteiger partial charge >= 0.3 is 0 Å². The minimum absolute atomic E-state index is 0.153. The van der Waals surface area contributed by atoms with Crippen LogP contribution in [-0.2, 0) is 38.3 Å². The van der Waals surface area contributed by atoms with Crippen molar-refractivity contribution >= 4 is 32.8 Å². The van der Waals surface area contributed by atoms with Crippen LogP contribution >= 0.6 is 11.8 Å². The second kappa shape index (κ2) is 9.66. The molecule has 1 atom stereocenters. The minimum atomic E-state index is -3.57. The van der Waals surface area contributed by atoms with Crippen LogP contribution in [0.3, 0.4) is 0 Å². The number of benzene rings is 1. The Morgan fingerprint density at radius 2 is 2.06 bits per heavy atom. The SMILES string of the molecule is CCn1c(CSc2nnnn2CC2CCCO2)nc2cc(S(=O)(=O)N3CCOCC3)ccc21. The highest BCUT2D eigenvalue weighted by Crippen LogP contribution is 2.27. The number of hydrogen-bond acceptors (Lipinski definition) is 9. The Labute approximate surface area is 196 Å². The first-order valence-corrected chi connectivity index (χ1v) is 13.6. The minimum Gasteiger partial charge on any atom is -0.379 e. The molecule has 1 aromatic carbocycles. The maximum atomic E-state index is 13.0. The first-order valence-electron chi connectivity index (χ1n) is 11.1. The van der Waals surface area contributed by atoms with E-state index in [0.717, 1.165) is 42.5 Å². The Kier molecular flexibility index (Phi) is 6.65. The molecular weight excluding hydrogens is 466 g/mol. The van der Waals surface area contributed by atoms with E-state index in [9.17, 15) is 8.42 Å². The molecule has 5 rings (SSSR count). The fraction of sp³-hybridized carbons (Fsp3) is 0.600. The molecule has 2 aromatic heterocycles. The Hall–Kier alpha value is -2.06. The summed E-state index contributed by atoms with van der Waals surface area (Å²) in [7, 11) is -3.57. The molecular formula is C20H27N7O4S2. The van der Waals surface area contributed by atoms with Gasteiger partial charge in [-0.1, -0.05) is 11.8 Å². The molecule has 2 fully saturated rings. The van der Waals surface area contributed by atoms with Crippen molar-refractivity contribution in [2.45, 2.75) is 54.8 Å². The lowest BCUT2D eigenvalue weighted by molar-refractivity contribution is 0.0730. The van der Waals surface area contributed by atoms with E-state index in [1.54, 1.807) is 16.8 Å². The zero-order chi connectivity index (χ0) is 22.8. The summed E-state index contributed by atoms with van der Waals surface area (Å²) < 4.78 is 42.4. The van der Waals surface area contributed by atoms with Gasteiger partial charge in [-0.25, -0.2) is 18.1 Å². The summed E-state index contributed by atoms with van der Waals surface area (Å²) in [6.45, 7) is 5.77. The van der Waals surface area contributed by atoms with Crippen molar-refractivity contribution < 1.29 is 17.9 Å². The number of imidazole rings is 1. The normalized spacial score (nSPS) is 20.1. The van der Waals surface area contributed by atoms with Crippen LogP contribution in [0, 0.1) is 0 Å². The van der Waals surface area contributed by atoms with Gasteiger partial charge < -0.3 is 14.0 Å². The van der Waals surface area contributed by atoms with E-state index in [4.69, 9.17) is 14.5 Å². The van der Waals surface area contributed by atoms with E-state index in [-0.39, 0.29) is 11.0 Å². The number of fused-ring (bicyclic) bond motifs is 1. The number of rotatable bonds is 8. The van der Waals surface area contributed by atoms with Gasteiger partial charge in [-0.2, -0.15) is 4.31 Å². The molecule has 3 aromatic rings. The summed E-state index contributed by atoms with van der Waals surface area (Å²) in [5, 5.41) is 12.8. The largest absolute Gasteiger partial charge is 0.379 e. The average Bonchev–Trinajstić information content (AvgIpc) is 3.58. The smallest absolute Gasteiger partial charge is 0.243 e. The van der Waals surface area contributed by atoms with E-state index in [0.29, 0.717) is 44.1 Å². The molecule has 0 saturated carbocycles. The van der Waals surface area contributed by atoms with Crippen molar-refractivity contribution in [3.05, 3.63) is 24.0 Å². The fourth-order valence-corrected chi connectivity index (χ4v) is 6.51. The molecule has 0 bridgehead atoms. The van der Waals surface area contributed by atoms with Crippen molar-refractivity contribution in [1.29, 1.82) is 0 Å². The summed E-state index contributed by atoms with van der Waals surface area (Å²) in [6, 6.07) is 5.18. The number of morpholine rings is 1. The maximum Gasteiger partial charge on any atom is 0.243 e. The molecule has 2 saturated heterocycles. The van der Waals surface area contributed by atoms with Crippen LogP contribution in [0.15, 0.2) is 28.3 Å². The summed E-state index contributed by atoms with van der Waals surface area (Å²) in [5.41, 5.74) is 1.58. The van der Waals surface area contributed by atoms with Gasteiger partial charge in [-0.05, 0) is 48.4 Å². The molecule has 33 heavy (non-hydrogen) atoms. The van der Waals surface area contributed by atoms with Crippen LogP contribution in [0.25, 0.3) is 11.0 Å². The zero-order valence-electron chi connectivity index (χ0n) is 18.5. The summed E-state index contributed by atoms with van der Waals surface area (Å²) in [4.78, 5) is 5.03. The van der Waals surface area contributed by atoms with Crippen LogP contribution in [0.4, 0.5) is 0 Å². The molecule has 0 aliphatic carbocycles. The Morgan fingerprint density at radius 1 is 1.21 bits per heavy atom. The lowest BCUT2D eigenvalue weighted by Gasteiger charge is -2.26. The molecule has 0 spiro atoms. The number of aromatic nitrogens is 6. The van der Waals surface area contributed by atoms with Crippen LogP contribution in [-0.4, -0.2) is 81.5 Å². The lowest BCUT2D eigenvalue weighted by atomic mass is 10.2. The average molecular weight is 494 g/mol. The number of hydrogen-bond donors (Lipinski definition) is 0. The molecule has 0 amide bonds. The van der Waals surface area contributed by atoms with E-state index in [1.807, 2.05) is 6.07 Å². The van der Waals surface area contributed by atoms with Gasteiger partial charge in [-0.15, -0.1) is 5.10 Å². The molecule has 11 nitrogen and oxygen atoms in total. The number of sulfonamides is 1. The maximum absolute atomic E-state index is 13.0. The van der Waals surface area contributed by atoms with Gasteiger partial charge in [0.05, 0.1) is 47.5 Å². The van der Waals surface area contributed by atoms with Crippen molar-refractivity contribution in [3.8, 4) is 0 Å². The van der Waals surface area contributed by atoms with Gasteiger partial charge in [0.2, 0.25) is 15.2 Å². The second-order valence-electron chi connectivity index (χ2n) is 8.01. The predicted octanol–water partition coefficient (Wildman–Crippen LogP) is 1.53. The number of tetrazole rings is 1. The highest BCUT2D eigenvalue weighted by Gasteiger charge is 2.27. The second-order valence-corrected chi connectivity index (χ2v) is 10.9. The monoisotopic (exact) mass is 493 g/mol. The highest BCUT2D eigenvalue weighted by molar-refractivity contribution is 7.98. The highest BCUT2D eigenvalue weighted by atomic mass is 32.2. The number of ether oxygens (including phenoxy) is 2. The van der Waals surface area contributed by atoms with E-state index >= 15 is 0 Å². The number of thioether (sulfide) groups is 1. The predicted molar refractivity (Wildman–Crippen MR) is 121 cm³/mol. The molecule has 4 heterocycles.